The highest BCUT2D eigenvalue weighted by Gasteiger charge is 2.30. The number of carbonyl (C=O) groups is 1. The largest absolute Gasteiger partial charge is 0.496 e. The summed E-state index contributed by atoms with van der Waals surface area (Å²) in [6, 6.07) is 15.8. The van der Waals surface area contributed by atoms with Crippen molar-refractivity contribution in [2.24, 2.45) is 0 Å². The number of ether oxygens (including phenoxy) is 1. The van der Waals surface area contributed by atoms with Crippen molar-refractivity contribution in [3.63, 3.8) is 0 Å². The molecular weight excluding hydrogens is 364 g/mol. The molecular formula is C20H26N2O4S. The van der Waals surface area contributed by atoms with E-state index in [1.165, 1.54) is 7.05 Å². The van der Waals surface area contributed by atoms with E-state index in [1.807, 2.05) is 30.3 Å². The molecule has 0 aliphatic rings. The van der Waals surface area contributed by atoms with Crippen molar-refractivity contribution < 1.29 is 17.9 Å². The van der Waals surface area contributed by atoms with Gasteiger partial charge in [0.1, 0.15) is 11.8 Å². The third-order valence-electron chi connectivity index (χ3n) is 4.37. The van der Waals surface area contributed by atoms with Gasteiger partial charge in [-0.1, -0.05) is 48.5 Å². The highest BCUT2D eigenvalue weighted by atomic mass is 32.2. The molecule has 1 amide bonds. The third-order valence-corrected chi connectivity index (χ3v) is 5.62. The summed E-state index contributed by atoms with van der Waals surface area (Å²) >= 11 is 0. The molecule has 0 aromatic heterocycles. The number of hydrogen-bond donors (Lipinski definition) is 1. The van der Waals surface area contributed by atoms with Gasteiger partial charge >= 0.3 is 0 Å². The number of amides is 1. The van der Waals surface area contributed by atoms with Crippen LogP contribution in [0.2, 0.25) is 0 Å². The lowest BCUT2D eigenvalue weighted by Gasteiger charge is -2.25. The van der Waals surface area contributed by atoms with Gasteiger partial charge in [0.25, 0.3) is 0 Å². The highest BCUT2D eigenvalue weighted by molar-refractivity contribution is 7.88. The fraction of sp³-hybridized carbons (Fsp3) is 0.350. The fourth-order valence-corrected chi connectivity index (χ4v) is 3.45. The Morgan fingerprint density at radius 1 is 1.11 bits per heavy atom. The van der Waals surface area contributed by atoms with Crippen molar-refractivity contribution >= 4 is 15.9 Å². The van der Waals surface area contributed by atoms with Crippen LogP contribution >= 0.6 is 0 Å². The minimum absolute atomic E-state index is 0.339. The van der Waals surface area contributed by atoms with Crippen molar-refractivity contribution in [2.45, 2.75) is 18.9 Å². The lowest BCUT2D eigenvalue weighted by molar-refractivity contribution is -0.124. The Hall–Kier alpha value is -2.38. The Labute approximate surface area is 161 Å². The van der Waals surface area contributed by atoms with Gasteiger partial charge in [-0.15, -0.1) is 0 Å². The predicted molar refractivity (Wildman–Crippen MR) is 106 cm³/mol. The highest BCUT2D eigenvalue weighted by Crippen LogP contribution is 2.22. The standard InChI is InChI=1S/C20H26N2O4S/c1-22(27(3,24)25)19(17-11-5-4-6-12-17)20(23)21-15-9-13-16-10-7-8-14-18(16)26-2/h4-8,10-12,14,19H,9,13,15H2,1-3H3,(H,21,23)/t19-/m0/s1. The quantitative estimate of drug-likeness (QED) is 0.667. The molecule has 0 aliphatic heterocycles. The van der Waals surface area contributed by atoms with Crippen LogP contribution in [0, 0.1) is 0 Å². The zero-order valence-electron chi connectivity index (χ0n) is 15.9. The first kappa shape index (κ1) is 20.9. The summed E-state index contributed by atoms with van der Waals surface area (Å²) in [6.07, 6.45) is 2.57. The summed E-state index contributed by atoms with van der Waals surface area (Å²) in [5.74, 6) is 0.483. The van der Waals surface area contributed by atoms with E-state index in [0.717, 1.165) is 34.7 Å². The van der Waals surface area contributed by atoms with E-state index in [-0.39, 0.29) is 5.91 Å². The number of sulfonamides is 1. The van der Waals surface area contributed by atoms with Crippen LogP contribution in [0.3, 0.4) is 0 Å². The van der Waals surface area contributed by atoms with Gasteiger partial charge < -0.3 is 10.1 Å². The maximum absolute atomic E-state index is 12.7. The lowest BCUT2D eigenvalue weighted by Crippen LogP contribution is -2.41. The number of nitrogens with zero attached hydrogens (tertiary/aromatic N) is 1. The van der Waals surface area contributed by atoms with E-state index in [9.17, 15) is 13.2 Å². The Balaban J connectivity index is 2.02. The number of para-hydroxylation sites is 1. The molecule has 0 radical (unpaired) electrons. The summed E-state index contributed by atoms with van der Waals surface area (Å²) in [5, 5.41) is 2.86. The summed E-state index contributed by atoms with van der Waals surface area (Å²) < 4.78 is 30.4. The van der Waals surface area contributed by atoms with E-state index in [1.54, 1.807) is 31.4 Å². The normalized spacial score (nSPS) is 12.6. The van der Waals surface area contributed by atoms with E-state index >= 15 is 0 Å². The first-order valence-corrected chi connectivity index (χ1v) is 10.6. The van der Waals surface area contributed by atoms with Crippen LogP contribution < -0.4 is 10.1 Å². The molecule has 146 valence electrons. The third kappa shape index (κ3) is 5.80. The topological polar surface area (TPSA) is 75.7 Å². The molecule has 0 bridgehead atoms. The summed E-state index contributed by atoms with van der Waals surface area (Å²) in [7, 11) is -0.473. The van der Waals surface area contributed by atoms with Crippen molar-refractivity contribution in [2.75, 3.05) is 27.0 Å². The van der Waals surface area contributed by atoms with Crippen molar-refractivity contribution in [3.05, 3.63) is 65.7 Å². The van der Waals surface area contributed by atoms with Gasteiger partial charge in [-0.05, 0) is 30.0 Å². The molecule has 0 saturated carbocycles. The second-order valence-corrected chi connectivity index (χ2v) is 8.34. The van der Waals surface area contributed by atoms with Gasteiger partial charge in [0, 0.05) is 13.6 Å². The molecule has 27 heavy (non-hydrogen) atoms. The second kappa shape index (κ2) is 9.53. The predicted octanol–water partition coefficient (Wildman–Crippen LogP) is 2.38. The van der Waals surface area contributed by atoms with Gasteiger partial charge in [0.2, 0.25) is 15.9 Å². The first-order valence-electron chi connectivity index (χ1n) is 8.72. The molecule has 0 spiro atoms. The maximum Gasteiger partial charge on any atom is 0.242 e. The molecule has 0 saturated heterocycles. The van der Waals surface area contributed by atoms with Gasteiger partial charge in [-0.25, -0.2) is 8.42 Å². The number of benzene rings is 2. The van der Waals surface area contributed by atoms with Crippen LogP contribution in [0.5, 0.6) is 5.75 Å². The zero-order valence-corrected chi connectivity index (χ0v) is 16.7. The fourth-order valence-electron chi connectivity index (χ4n) is 2.85. The number of likely N-dealkylation sites (N-methyl/N-ethyl adjacent to an activating group) is 1. The molecule has 2 rings (SSSR count). The molecule has 0 heterocycles. The van der Waals surface area contributed by atoms with Crippen LogP contribution in [-0.2, 0) is 21.2 Å². The average Bonchev–Trinajstić information content (AvgIpc) is 2.66. The van der Waals surface area contributed by atoms with E-state index < -0.39 is 16.1 Å². The number of nitrogens with one attached hydrogen (secondary N) is 1. The minimum Gasteiger partial charge on any atom is -0.496 e. The number of methoxy groups -OCH3 is 1. The number of carbonyl (C=O) groups excluding carboxylic acids is 1. The molecule has 0 aliphatic carbocycles. The van der Waals surface area contributed by atoms with Crippen LogP contribution in [0.4, 0.5) is 0 Å². The zero-order chi connectivity index (χ0) is 19.9. The molecule has 1 N–H and O–H groups in total. The maximum atomic E-state index is 12.7. The monoisotopic (exact) mass is 390 g/mol. The first-order chi connectivity index (χ1) is 12.8. The van der Waals surface area contributed by atoms with Crippen LogP contribution in [-0.4, -0.2) is 45.6 Å². The molecule has 0 fully saturated rings. The van der Waals surface area contributed by atoms with E-state index in [2.05, 4.69) is 5.32 Å². The lowest BCUT2D eigenvalue weighted by atomic mass is 10.1. The van der Waals surface area contributed by atoms with E-state index in [0.29, 0.717) is 12.1 Å². The van der Waals surface area contributed by atoms with Crippen molar-refractivity contribution in [1.82, 2.24) is 9.62 Å². The second-order valence-electron chi connectivity index (χ2n) is 6.30. The van der Waals surface area contributed by atoms with Gasteiger partial charge in [0.15, 0.2) is 0 Å². The van der Waals surface area contributed by atoms with Crippen LogP contribution in [0.15, 0.2) is 54.6 Å². The number of hydrogen-bond acceptors (Lipinski definition) is 4. The Bertz CT molecular complexity index is 853. The average molecular weight is 391 g/mol. The minimum atomic E-state index is -3.52. The molecule has 2 aromatic rings. The van der Waals surface area contributed by atoms with Gasteiger partial charge in [-0.3, -0.25) is 4.79 Å². The van der Waals surface area contributed by atoms with Gasteiger partial charge in [-0.2, -0.15) is 4.31 Å². The molecule has 7 heteroatoms. The van der Waals surface area contributed by atoms with Crippen LogP contribution in [0.1, 0.15) is 23.6 Å². The number of aryl methyl sites for hydroxylation is 1. The Kier molecular flexibility index (Phi) is 7.38. The SMILES string of the molecule is COc1ccccc1CCCNC(=O)[C@H](c1ccccc1)N(C)S(C)(=O)=O. The summed E-state index contributed by atoms with van der Waals surface area (Å²) in [6.45, 7) is 0.442. The molecule has 6 nitrogen and oxygen atoms in total. The van der Waals surface area contributed by atoms with Crippen LogP contribution in [0.25, 0.3) is 0 Å². The van der Waals surface area contributed by atoms with Gasteiger partial charge in [0.05, 0.1) is 13.4 Å². The summed E-state index contributed by atoms with van der Waals surface area (Å²) in [5.41, 5.74) is 1.70. The molecule has 0 unspecified atom stereocenters. The smallest absolute Gasteiger partial charge is 0.242 e. The Morgan fingerprint density at radius 2 is 1.74 bits per heavy atom. The summed E-state index contributed by atoms with van der Waals surface area (Å²) in [4.78, 5) is 12.7. The van der Waals surface area contributed by atoms with Crippen molar-refractivity contribution in [1.29, 1.82) is 0 Å². The van der Waals surface area contributed by atoms with E-state index in [4.69, 9.17) is 4.74 Å². The molecule has 1 atom stereocenters. The van der Waals surface area contributed by atoms with Crippen molar-refractivity contribution in [3.8, 4) is 5.75 Å². The number of rotatable bonds is 9. The molecule has 2 aromatic carbocycles. The Morgan fingerprint density at radius 3 is 2.37 bits per heavy atom.